The highest BCUT2D eigenvalue weighted by Gasteiger charge is 2.34. The van der Waals surface area contributed by atoms with Crippen molar-refractivity contribution in [2.75, 3.05) is 0 Å². The number of benzene rings is 1. The minimum atomic E-state index is -1.23. The molecule has 1 fully saturated rings. The van der Waals surface area contributed by atoms with Crippen LogP contribution >= 0.6 is 15.9 Å². The molecule has 0 radical (unpaired) electrons. The second-order valence-electron chi connectivity index (χ2n) is 4.60. The summed E-state index contributed by atoms with van der Waals surface area (Å²) >= 11 is 3.01. The van der Waals surface area contributed by atoms with E-state index in [-0.39, 0.29) is 10.0 Å². The number of rotatable bonds is 1. The van der Waals surface area contributed by atoms with Gasteiger partial charge in [0.25, 0.3) is 0 Å². The van der Waals surface area contributed by atoms with E-state index in [1.54, 1.807) is 0 Å². The van der Waals surface area contributed by atoms with Crippen LogP contribution < -0.4 is 5.73 Å². The molecule has 0 bridgehead atoms. The van der Waals surface area contributed by atoms with Gasteiger partial charge in [0.15, 0.2) is 11.6 Å². The lowest BCUT2D eigenvalue weighted by molar-refractivity contribution is 0.286. The summed E-state index contributed by atoms with van der Waals surface area (Å²) in [4.78, 5) is 0. The summed E-state index contributed by atoms with van der Waals surface area (Å²) in [7, 11) is 0. The lowest BCUT2D eigenvalue weighted by atomic mass is 9.77. The zero-order valence-electron chi connectivity index (χ0n) is 9.27. The van der Waals surface area contributed by atoms with Crippen LogP contribution in [0.4, 0.5) is 8.78 Å². The number of aromatic hydroxyl groups is 1. The Morgan fingerprint density at radius 1 is 1.18 bits per heavy atom. The number of phenols is 1. The molecule has 0 heterocycles. The summed E-state index contributed by atoms with van der Waals surface area (Å²) < 4.78 is 27.4. The minimum Gasteiger partial charge on any atom is -0.504 e. The van der Waals surface area contributed by atoms with E-state index in [1.807, 2.05) is 0 Å². The van der Waals surface area contributed by atoms with Crippen LogP contribution in [0.3, 0.4) is 0 Å². The first-order chi connectivity index (χ1) is 7.96. The van der Waals surface area contributed by atoms with E-state index < -0.39 is 22.9 Å². The average Bonchev–Trinajstić information content (AvgIpc) is 2.32. The lowest BCUT2D eigenvalue weighted by Crippen LogP contribution is -2.39. The lowest BCUT2D eigenvalue weighted by Gasteiger charge is -2.34. The van der Waals surface area contributed by atoms with Crippen LogP contribution in [0.15, 0.2) is 10.5 Å². The van der Waals surface area contributed by atoms with Crippen LogP contribution in [-0.4, -0.2) is 5.11 Å². The van der Waals surface area contributed by atoms with Gasteiger partial charge in [-0.25, -0.2) is 4.39 Å². The Hall–Kier alpha value is -0.680. The highest BCUT2D eigenvalue weighted by molar-refractivity contribution is 9.10. The second kappa shape index (κ2) is 4.53. The maximum Gasteiger partial charge on any atom is 0.201 e. The monoisotopic (exact) mass is 305 g/mol. The van der Waals surface area contributed by atoms with Gasteiger partial charge in [-0.3, -0.25) is 0 Å². The first-order valence-electron chi connectivity index (χ1n) is 5.61. The van der Waals surface area contributed by atoms with E-state index in [2.05, 4.69) is 15.9 Å². The molecule has 94 valence electrons. The Balaban J connectivity index is 2.51. The molecule has 0 saturated heterocycles. The van der Waals surface area contributed by atoms with Crippen molar-refractivity contribution >= 4 is 15.9 Å². The zero-order valence-corrected chi connectivity index (χ0v) is 10.9. The SMILES string of the molecule is NC1(c2cc(Br)c(O)c(F)c2F)CCCCC1. The molecule has 0 aliphatic heterocycles. The van der Waals surface area contributed by atoms with Gasteiger partial charge in [-0.05, 0) is 34.8 Å². The van der Waals surface area contributed by atoms with Gasteiger partial charge in [0, 0.05) is 11.1 Å². The summed E-state index contributed by atoms with van der Waals surface area (Å²) in [6.45, 7) is 0. The Bertz CT molecular complexity index is 445. The van der Waals surface area contributed by atoms with Crippen LogP contribution in [0, 0.1) is 11.6 Å². The van der Waals surface area contributed by atoms with Gasteiger partial charge in [0.1, 0.15) is 0 Å². The number of nitrogens with two attached hydrogens (primary N) is 1. The van der Waals surface area contributed by atoms with Crippen molar-refractivity contribution in [1.29, 1.82) is 0 Å². The van der Waals surface area contributed by atoms with Crippen LogP contribution in [-0.2, 0) is 5.54 Å². The van der Waals surface area contributed by atoms with E-state index in [9.17, 15) is 13.9 Å². The van der Waals surface area contributed by atoms with Crippen molar-refractivity contribution in [2.45, 2.75) is 37.6 Å². The van der Waals surface area contributed by atoms with E-state index >= 15 is 0 Å². The van der Waals surface area contributed by atoms with Gasteiger partial charge in [-0.1, -0.05) is 19.3 Å². The molecule has 0 spiro atoms. The Morgan fingerprint density at radius 2 is 1.76 bits per heavy atom. The molecule has 1 aliphatic rings. The molecule has 1 aliphatic carbocycles. The molecule has 0 unspecified atom stereocenters. The highest BCUT2D eigenvalue weighted by Crippen LogP contribution is 2.40. The number of phenolic OH excluding ortho intramolecular Hbond substituents is 1. The first-order valence-corrected chi connectivity index (χ1v) is 6.41. The molecule has 3 N–H and O–H groups in total. The summed E-state index contributed by atoms with van der Waals surface area (Å²) in [5.41, 5.74) is 5.49. The molecule has 2 nitrogen and oxygen atoms in total. The molecule has 5 heteroatoms. The molecule has 2 rings (SSSR count). The van der Waals surface area contributed by atoms with E-state index in [0.717, 1.165) is 19.3 Å². The maximum atomic E-state index is 13.8. The summed E-state index contributed by atoms with van der Waals surface area (Å²) in [5, 5.41) is 9.29. The van der Waals surface area contributed by atoms with Gasteiger partial charge < -0.3 is 10.8 Å². The van der Waals surface area contributed by atoms with Crippen molar-refractivity contribution in [3.8, 4) is 5.75 Å². The van der Waals surface area contributed by atoms with Gasteiger partial charge >= 0.3 is 0 Å². The smallest absolute Gasteiger partial charge is 0.201 e. The van der Waals surface area contributed by atoms with E-state index in [0.29, 0.717) is 12.8 Å². The Kier molecular flexibility index (Phi) is 3.41. The molecule has 1 aromatic carbocycles. The van der Waals surface area contributed by atoms with Gasteiger partial charge in [0.2, 0.25) is 5.82 Å². The Morgan fingerprint density at radius 3 is 2.35 bits per heavy atom. The van der Waals surface area contributed by atoms with Crippen molar-refractivity contribution < 1.29 is 13.9 Å². The normalized spacial score (nSPS) is 19.3. The van der Waals surface area contributed by atoms with Crippen molar-refractivity contribution in [1.82, 2.24) is 0 Å². The van der Waals surface area contributed by atoms with Gasteiger partial charge in [0.05, 0.1) is 4.47 Å². The van der Waals surface area contributed by atoms with Gasteiger partial charge in [-0.15, -0.1) is 0 Å². The van der Waals surface area contributed by atoms with Crippen molar-refractivity contribution in [3.63, 3.8) is 0 Å². The summed E-state index contributed by atoms with van der Waals surface area (Å²) in [5.74, 6) is -2.97. The second-order valence-corrected chi connectivity index (χ2v) is 5.45. The van der Waals surface area contributed by atoms with E-state index in [1.165, 1.54) is 6.07 Å². The Labute approximate surface area is 107 Å². The molecule has 0 aromatic heterocycles. The third kappa shape index (κ3) is 2.18. The van der Waals surface area contributed by atoms with Crippen molar-refractivity contribution in [3.05, 3.63) is 27.7 Å². The third-order valence-corrected chi connectivity index (χ3v) is 4.02. The zero-order chi connectivity index (χ0) is 12.6. The molecule has 1 saturated carbocycles. The third-order valence-electron chi connectivity index (χ3n) is 3.42. The molecule has 0 amide bonds. The van der Waals surface area contributed by atoms with Gasteiger partial charge in [-0.2, -0.15) is 4.39 Å². The van der Waals surface area contributed by atoms with Crippen LogP contribution in [0.1, 0.15) is 37.7 Å². The summed E-state index contributed by atoms with van der Waals surface area (Å²) in [6, 6.07) is 1.39. The topological polar surface area (TPSA) is 46.2 Å². The summed E-state index contributed by atoms with van der Waals surface area (Å²) in [6.07, 6.45) is 4.18. The average molecular weight is 306 g/mol. The molecular formula is C12H14BrF2NO. The number of halogens is 3. The van der Waals surface area contributed by atoms with Crippen LogP contribution in [0.25, 0.3) is 0 Å². The van der Waals surface area contributed by atoms with Crippen LogP contribution in [0.5, 0.6) is 5.75 Å². The molecule has 0 atom stereocenters. The fraction of sp³-hybridized carbons (Fsp3) is 0.500. The number of hydrogen-bond donors (Lipinski definition) is 2. The molecular weight excluding hydrogens is 292 g/mol. The number of hydrogen-bond acceptors (Lipinski definition) is 2. The standard InChI is InChI=1S/C12H14BrF2NO/c13-8-6-7(9(14)10(15)11(8)17)12(16)4-2-1-3-5-12/h6,17H,1-5,16H2. The quantitative estimate of drug-likeness (QED) is 0.779. The van der Waals surface area contributed by atoms with Crippen LogP contribution in [0.2, 0.25) is 0 Å². The highest BCUT2D eigenvalue weighted by atomic mass is 79.9. The minimum absolute atomic E-state index is 0.141. The predicted molar refractivity (Wildman–Crippen MR) is 64.7 cm³/mol. The fourth-order valence-corrected chi connectivity index (χ4v) is 2.80. The maximum absolute atomic E-state index is 13.8. The predicted octanol–water partition coefficient (Wildman–Crippen LogP) is 3.55. The first kappa shape index (κ1) is 12.8. The molecule has 17 heavy (non-hydrogen) atoms. The van der Waals surface area contributed by atoms with Crippen molar-refractivity contribution in [2.24, 2.45) is 5.73 Å². The largest absolute Gasteiger partial charge is 0.504 e. The molecule has 1 aromatic rings. The van der Waals surface area contributed by atoms with E-state index in [4.69, 9.17) is 5.73 Å². The fourth-order valence-electron chi connectivity index (χ4n) is 2.40.